The highest BCUT2D eigenvalue weighted by molar-refractivity contribution is 7.19. The van der Waals surface area contributed by atoms with E-state index >= 15 is 0 Å². The average molecular weight is 325 g/mol. The Hall–Kier alpha value is -2.47. The number of rotatable bonds is 4. The van der Waals surface area contributed by atoms with Gasteiger partial charge in [-0.15, -0.1) is 0 Å². The molecule has 3 aromatic heterocycles. The molecule has 1 aliphatic rings. The summed E-state index contributed by atoms with van der Waals surface area (Å²) in [6.45, 7) is 0. The molecule has 0 atom stereocenters. The van der Waals surface area contributed by atoms with E-state index in [9.17, 15) is 4.79 Å². The van der Waals surface area contributed by atoms with E-state index in [1.165, 1.54) is 11.3 Å². The summed E-state index contributed by atoms with van der Waals surface area (Å²) in [4.78, 5) is 21.8. The molecule has 0 unspecified atom stereocenters. The molecule has 23 heavy (non-hydrogen) atoms. The van der Waals surface area contributed by atoms with Gasteiger partial charge in [0.1, 0.15) is 5.69 Å². The normalized spacial score (nSPS) is 14.4. The van der Waals surface area contributed by atoms with E-state index < -0.39 is 0 Å². The van der Waals surface area contributed by atoms with Crippen LogP contribution in [0.5, 0.6) is 0 Å². The Bertz CT molecular complexity index is 808. The van der Waals surface area contributed by atoms with E-state index in [0.29, 0.717) is 10.9 Å². The molecule has 1 fully saturated rings. The van der Waals surface area contributed by atoms with Crippen LogP contribution in [0.3, 0.4) is 0 Å². The number of aromatic nitrogens is 2. The summed E-state index contributed by atoms with van der Waals surface area (Å²) < 4.78 is 5.50. The number of thiazole rings is 1. The zero-order chi connectivity index (χ0) is 15.6. The Balaban J connectivity index is 1.70. The van der Waals surface area contributed by atoms with Crippen molar-refractivity contribution in [2.75, 3.05) is 5.32 Å². The Morgan fingerprint density at radius 1 is 1.26 bits per heavy atom. The van der Waals surface area contributed by atoms with Crippen molar-refractivity contribution in [1.29, 1.82) is 0 Å². The summed E-state index contributed by atoms with van der Waals surface area (Å²) in [6.07, 6.45) is 8.19. The van der Waals surface area contributed by atoms with Crippen molar-refractivity contribution < 1.29 is 9.21 Å². The van der Waals surface area contributed by atoms with E-state index in [0.717, 1.165) is 35.4 Å². The molecule has 1 N–H and O–H groups in total. The molecule has 0 saturated heterocycles. The topological polar surface area (TPSA) is 68.0 Å². The molecule has 6 heteroatoms. The van der Waals surface area contributed by atoms with E-state index in [4.69, 9.17) is 4.42 Å². The fourth-order valence-corrected chi connectivity index (χ4v) is 3.51. The van der Waals surface area contributed by atoms with Crippen molar-refractivity contribution in [3.05, 3.63) is 42.9 Å². The van der Waals surface area contributed by atoms with Gasteiger partial charge in [-0.3, -0.25) is 9.78 Å². The second-order valence-corrected chi connectivity index (χ2v) is 6.53. The molecule has 1 aliphatic carbocycles. The summed E-state index contributed by atoms with van der Waals surface area (Å²) in [5.41, 5.74) is 1.75. The van der Waals surface area contributed by atoms with E-state index in [-0.39, 0.29) is 11.8 Å². The first kappa shape index (κ1) is 14.1. The van der Waals surface area contributed by atoms with Gasteiger partial charge in [0.25, 0.3) is 0 Å². The summed E-state index contributed by atoms with van der Waals surface area (Å²) in [7, 11) is 0. The zero-order valence-corrected chi connectivity index (χ0v) is 13.2. The van der Waals surface area contributed by atoms with Gasteiger partial charge in [0, 0.05) is 18.3 Å². The molecule has 0 aromatic carbocycles. The summed E-state index contributed by atoms with van der Waals surface area (Å²) in [5.74, 6) is 0.893. The monoisotopic (exact) mass is 325 g/mol. The predicted octanol–water partition coefficient (Wildman–Crippen LogP) is 4.20. The average Bonchev–Trinajstić information content (AvgIpc) is 3.15. The summed E-state index contributed by atoms with van der Waals surface area (Å²) >= 11 is 1.46. The third-order valence-electron chi connectivity index (χ3n) is 4.03. The predicted molar refractivity (Wildman–Crippen MR) is 89.0 cm³/mol. The lowest BCUT2D eigenvalue weighted by molar-refractivity contribution is -0.122. The Morgan fingerprint density at radius 2 is 2.09 bits per heavy atom. The van der Waals surface area contributed by atoms with Gasteiger partial charge in [-0.1, -0.05) is 17.8 Å². The maximum atomic E-state index is 12.2. The van der Waals surface area contributed by atoms with Crippen molar-refractivity contribution >= 4 is 22.4 Å². The molecule has 5 nitrogen and oxygen atoms in total. The lowest BCUT2D eigenvalue weighted by Gasteiger charge is -2.23. The number of amides is 1. The van der Waals surface area contributed by atoms with Crippen LogP contribution in [0, 0.1) is 5.92 Å². The van der Waals surface area contributed by atoms with Crippen LogP contribution in [-0.4, -0.2) is 15.9 Å². The van der Waals surface area contributed by atoms with Crippen LogP contribution < -0.4 is 5.32 Å². The van der Waals surface area contributed by atoms with Gasteiger partial charge >= 0.3 is 0 Å². The van der Waals surface area contributed by atoms with Crippen molar-refractivity contribution in [3.8, 4) is 21.9 Å². The molecule has 116 valence electrons. The lowest BCUT2D eigenvalue weighted by atomic mass is 9.85. The summed E-state index contributed by atoms with van der Waals surface area (Å²) in [5, 5.41) is 3.56. The van der Waals surface area contributed by atoms with Crippen LogP contribution in [0.2, 0.25) is 0 Å². The first-order valence-corrected chi connectivity index (χ1v) is 8.39. The van der Waals surface area contributed by atoms with Gasteiger partial charge in [-0.25, -0.2) is 4.98 Å². The van der Waals surface area contributed by atoms with Crippen LogP contribution in [0.4, 0.5) is 5.13 Å². The molecule has 0 spiro atoms. The lowest BCUT2D eigenvalue weighted by Crippen LogP contribution is -2.27. The fraction of sp³-hybridized carbons (Fsp3) is 0.235. The first-order chi connectivity index (χ1) is 11.3. The highest BCUT2D eigenvalue weighted by atomic mass is 32.1. The van der Waals surface area contributed by atoms with Crippen LogP contribution in [-0.2, 0) is 4.79 Å². The number of nitrogens with one attached hydrogen (secondary N) is 1. The number of pyridine rings is 1. The van der Waals surface area contributed by atoms with Gasteiger partial charge < -0.3 is 9.73 Å². The zero-order valence-electron chi connectivity index (χ0n) is 12.4. The number of hydrogen-bond acceptors (Lipinski definition) is 5. The molecule has 3 aromatic rings. The minimum atomic E-state index is 0.0669. The van der Waals surface area contributed by atoms with Crippen LogP contribution in [0.15, 0.2) is 47.3 Å². The van der Waals surface area contributed by atoms with E-state index in [1.54, 1.807) is 18.7 Å². The molecule has 0 bridgehead atoms. The minimum Gasteiger partial charge on any atom is -0.463 e. The molecule has 0 aliphatic heterocycles. The third-order valence-corrected chi connectivity index (χ3v) is 5.05. The third kappa shape index (κ3) is 2.77. The van der Waals surface area contributed by atoms with Gasteiger partial charge in [0.15, 0.2) is 10.9 Å². The largest absolute Gasteiger partial charge is 0.463 e. The molecular weight excluding hydrogens is 310 g/mol. The van der Waals surface area contributed by atoms with Crippen molar-refractivity contribution in [2.45, 2.75) is 19.3 Å². The second kappa shape index (κ2) is 5.96. The molecule has 0 radical (unpaired) electrons. The van der Waals surface area contributed by atoms with Crippen molar-refractivity contribution in [1.82, 2.24) is 9.97 Å². The molecular formula is C17H15N3O2S. The number of nitrogens with zero attached hydrogens (tertiary/aromatic N) is 2. The van der Waals surface area contributed by atoms with Gasteiger partial charge in [-0.05, 0) is 42.7 Å². The number of carbonyl (C=O) groups excluding carboxylic acids is 1. The smallest absolute Gasteiger partial charge is 0.229 e. The number of hydrogen-bond donors (Lipinski definition) is 1. The minimum absolute atomic E-state index is 0.0669. The van der Waals surface area contributed by atoms with Crippen LogP contribution in [0.25, 0.3) is 21.9 Å². The molecule has 1 saturated carbocycles. The first-order valence-electron chi connectivity index (χ1n) is 7.57. The van der Waals surface area contributed by atoms with Gasteiger partial charge in [0.2, 0.25) is 5.91 Å². The summed E-state index contributed by atoms with van der Waals surface area (Å²) in [6, 6.07) is 7.56. The number of anilines is 1. The van der Waals surface area contributed by atoms with E-state index in [2.05, 4.69) is 15.3 Å². The van der Waals surface area contributed by atoms with Crippen LogP contribution >= 0.6 is 11.3 Å². The molecule has 4 rings (SSSR count). The molecule has 1 amide bonds. The van der Waals surface area contributed by atoms with Crippen molar-refractivity contribution in [2.24, 2.45) is 5.92 Å². The SMILES string of the molecule is O=C(Nc1nc(-c2ccco2)c(-c2ccncc2)s1)C1CCC1. The van der Waals surface area contributed by atoms with E-state index in [1.807, 2.05) is 24.3 Å². The quantitative estimate of drug-likeness (QED) is 0.780. The number of carbonyl (C=O) groups is 1. The Kier molecular flexibility index (Phi) is 3.67. The van der Waals surface area contributed by atoms with Gasteiger partial charge in [-0.2, -0.15) is 0 Å². The Morgan fingerprint density at radius 3 is 2.74 bits per heavy atom. The standard InChI is InChI=1S/C17H15N3O2S/c21-16(12-3-1-4-12)20-17-19-14(13-5-2-10-22-13)15(23-17)11-6-8-18-9-7-11/h2,5-10,12H,1,3-4H2,(H,19,20,21). The number of furan rings is 1. The Labute approximate surface area is 137 Å². The van der Waals surface area contributed by atoms with Crippen LogP contribution in [0.1, 0.15) is 19.3 Å². The maximum absolute atomic E-state index is 12.2. The second-order valence-electron chi connectivity index (χ2n) is 5.53. The molecule has 3 heterocycles. The highest BCUT2D eigenvalue weighted by Crippen LogP contribution is 2.39. The van der Waals surface area contributed by atoms with Crippen molar-refractivity contribution in [3.63, 3.8) is 0 Å². The maximum Gasteiger partial charge on any atom is 0.229 e. The van der Waals surface area contributed by atoms with Gasteiger partial charge in [0.05, 0.1) is 11.1 Å². The fourth-order valence-electron chi connectivity index (χ4n) is 2.53. The highest BCUT2D eigenvalue weighted by Gasteiger charge is 2.26.